The summed E-state index contributed by atoms with van der Waals surface area (Å²) >= 11 is 3.35. The molecule has 0 radical (unpaired) electrons. The molecule has 0 saturated carbocycles. The average molecular weight is 416 g/mol. The number of esters is 1. The molecule has 1 atom stereocenters. The molecule has 26 heavy (non-hydrogen) atoms. The summed E-state index contributed by atoms with van der Waals surface area (Å²) in [7, 11) is 0. The zero-order valence-electron chi connectivity index (χ0n) is 14.9. The maximum atomic E-state index is 12.1. The number of nitrogens with one attached hydrogen (secondary N) is 1. The van der Waals surface area contributed by atoms with Crippen LogP contribution in [0.1, 0.15) is 37.3 Å². The smallest absolute Gasteiger partial charge is 0.331 e. The van der Waals surface area contributed by atoms with Gasteiger partial charge in [0.2, 0.25) is 0 Å². The maximum absolute atomic E-state index is 12.1. The van der Waals surface area contributed by atoms with Gasteiger partial charge in [-0.3, -0.25) is 4.79 Å². The summed E-state index contributed by atoms with van der Waals surface area (Å²) in [5.74, 6) is -0.577. The first kappa shape index (κ1) is 19.9. The van der Waals surface area contributed by atoms with Crippen LogP contribution < -0.4 is 5.32 Å². The summed E-state index contributed by atoms with van der Waals surface area (Å²) in [5.41, 5.74) is 2.70. The number of hydrogen-bond donors (Lipinski definition) is 1. The van der Waals surface area contributed by atoms with Crippen LogP contribution in [0.3, 0.4) is 0 Å². The quantitative estimate of drug-likeness (QED) is 0.501. The number of anilines is 1. The number of amides is 1. The Kier molecular flexibility index (Phi) is 7.60. The van der Waals surface area contributed by atoms with Crippen LogP contribution in [0.5, 0.6) is 0 Å². The maximum Gasteiger partial charge on any atom is 0.331 e. The molecule has 0 fully saturated rings. The minimum Gasteiger partial charge on any atom is -0.452 e. The van der Waals surface area contributed by atoms with E-state index in [0.29, 0.717) is 5.92 Å². The van der Waals surface area contributed by atoms with E-state index in [9.17, 15) is 9.59 Å². The van der Waals surface area contributed by atoms with Crippen LogP contribution in [0.15, 0.2) is 59.1 Å². The van der Waals surface area contributed by atoms with Crippen LogP contribution in [0.25, 0.3) is 6.08 Å². The van der Waals surface area contributed by atoms with Gasteiger partial charge in [-0.2, -0.15) is 0 Å². The van der Waals surface area contributed by atoms with Gasteiger partial charge in [-0.15, -0.1) is 0 Å². The molecular weight excluding hydrogens is 394 g/mol. The molecule has 0 aliphatic carbocycles. The zero-order valence-corrected chi connectivity index (χ0v) is 16.5. The number of rotatable bonds is 7. The normalized spacial score (nSPS) is 12.0. The largest absolute Gasteiger partial charge is 0.452 e. The predicted octanol–water partition coefficient (Wildman–Crippen LogP) is 5.16. The number of halogens is 1. The summed E-state index contributed by atoms with van der Waals surface area (Å²) in [6.07, 6.45) is 3.93. The minimum atomic E-state index is -0.557. The molecule has 0 heterocycles. The third-order valence-electron chi connectivity index (χ3n) is 4.01. The second-order valence-electron chi connectivity index (χ2n) is 5.94. The Morgan fingerprint density at radius 2 is 1.85 bits per heavy atom. The molecule has 2 aromatic carbocycles. The second kappa shape index (κ2) is 9.92. The SMILES string of the molecule is CC[C@H](C)c1ccccc1NC(=O)COC(=O)/C=C/c1ccc(Br)cc1. The molecule has 0 spiro atoms. The summed E-state index contributed by atoms with van der Waals surface area (Å²) in [6, 6.07) is 15.2. The highest BCUT2D eigenvalue weighted by Gasteiger charge is 2.12. The number of para-hydroxylation sites is 1. The van der Waals surface area contributed by atoms with E-state index in [1.807, 2.05) is 48.5 Å². The molecule has 0 aliphatic rings. The number of carbonyl (C=O) groups is 2. The van der Waals surface area contributed by atoms with Crippen molar-refractivity contribution in [2.75, 3.05) is 11.9 Å². The van der Waals surface area contributed by atoms with Gasteiger partial charge in [-0.05, 0) is 47.7 Å². The second-order valence-corrected chi connectivity index (χ2v) is 6.85. The van der Waals surface area contributed by atoms with Crippen molar-refractivity contribution in [2.24, 2.45) is 0 Å². The van der Waals surface area contributed by atoms with E-state index in [1.165, 1.54) is 6.08 Å². The van der Waals surface area contributed by atoms with Gasteiger partial charge < -0.3 is 10.1 Å². The third-order valence-corrected chi connectivity index (χ3v) is 4.53. The first-order valence-corrected chi connectivity index (χ1v) is 9.28. The Balaban J connectivity index is 1.87. The van der Waals surface area contributed by atoms with E-state index in [2.05, 4.69) is 35.1 Å². The summed E-state index contributed by atoms with van der Waals surface area (Å²) in [6.45, 7) is 3.89. The van der Waals surface area contributed by atoms with Crippen LogP contribution in [-0.2, 0) is 14.3 Å². The number of benzene rings is 2. The molecule has 0 saturated heterocycles. The molecule has 5 heteroatoms. The molecule has 0 bridgehead atoms. The highest BCUT2D eigenvalue weighted by molar-refractivity contribution is 9.10. The van der Waals surface area contributed by atoms with Crippen molar-refractivity contribution in [3.05, 3.63) is 70.2 Å². The van der Waals surface area contributed by atoms with Gasteiger partial charge in [-0.1, -0.05) is 60.1 Å². The Labute approximate surface area is 162 Å². The highest BCUT2D eigenvalue weighted by atomic mass is 79.9. The Bertz CT molecular complexity index is 784. The molecule has 136 valence electrons. The molecule has 2 rings (SSSR count). The molecule has 0 aliphatic heterocycles. The van der Waals surface area contributed by atoms with E-state index >= 15 is 0 Å². The van der Waals surface area contributed by atoms with E-state index < -0.39 is 5.97 Å². The first-order chi connectivity index (χ1) is 12.5. The van der Waals surface area contributed by atoms with Crippen LogP contribution >= 0.6 is 15.9 Å². The van der Waals surface area contributed by atoms with E-state index in [-0.39, 0.29) is 12.5 Å². The van der Waals surface area contributed by atoms with Gasteiger partial charge in [0, 0.05) is 16.2 Å². The number of hydrogen-bond acceptors (Lipinski definition) is 3. The van der Waals surface area contributed by atoms with Crippen LogP contribution in [0.4, 0.5) is 5.69 Å². The van der Waals surface area contributed by atoms with Crippen molar-refractivity contribution in [2.45, 2.75) is 26.2 Å². The van der Waals surface area contributed by atoms with Crippen molar-refractivity contribution in [1.82, 2.24) is 0 Å². The van der Waals surface area contributed by atoms with Gasteiger partial charge in [0.05, 0.1) is 0 Å². The monoisotopic (exact) mass is 415 g/mol. The fourth-order valence-corrected chi connectivity index (χ4v) is 2.63. The zero-order chi connectivity index (χ0) is 18.9. The van der Waals surface area contributed by atoms with Crippen molar-refractivity contribution < 1.29 is 14.3 Å². The van der Waals surface area contributed by atoms with Gasteiger partial charge in [0.1, 0.15) is 0 Å². The number of ether oxygens (including phenoxy) is 1. The Morgan fingerprint density at radius 1 is 1.15 bits per heavy atom. The molecule has 1 N–H and O–H groups in total. The molecular formula is C21H22BrNO3. The minimum absolute atomic E-state index is 0.321. The topological polar surface area (TPSA) is 55.4 Å². The summed E-state index contributed by atoms with van der Waals surface area (Å²) in [4.78, 5) is 23.8. The first-order valence-electron chi connectivity index (χ1n) is 8.48. The molecule has 0 unspecified atom stereocenters. The van der Waals surface area contributed by atoms with Crippen molar-refractivity contribution in [3.8, 4) is 0 Å². The van der Waals surface area contributed by atoms with E-state index in [1.54, 1.807) is 6.08 Å². The summed E-state index contributed by atoms with van der Waals surface area (Å²) < 4.78 is 5.97. The lowest BCUT2D eigenvalue weighted by Crippen LogP contribution is -2.21. The Morgan fingerprint density at radius 3 is 2.54 bits per heavy atom. The van der Waals surface area contributed by atoms with E-state index in [4.69, 9.17) is 4.74 Å². The number of carbonyl (C=O) groups excluding carboxylic acids is 2. The predicted molar refractivity (Wildman–Crippen MR) is 108 cm³/mol. The lowest BCUT2D eigenvalue weighted by Gasteiger charge is -2.15. The molecule has 1 amide bonds. The Hall–Kier alpha value is -2.40. The molecule has 4 nitrogen and oxygen atoms in total. The fraction of sp³-hybridized carbons (Fsp3) is 0.238. The van der Waals surface area contributed by atoms with Crippen LogP contribution in [0, 0.1) is 0 Å². The standard InChI is InChI=1S/C21H22BrNO3/c1-3-15(2)18-6-4-5-7-19(18)23-20(24)14-26-21(25)13-10-16-8-11-17(22)12-9-16/h4-13,15H,3,14H2,1-2H3,(H,23,24)/b13-10+/t15-/m0/s1. The van der Waals surface area contributed by atoms with Crippen LogP contribution in [0.2, 0.25) is 0 Å². The van der Waals surface area contributed by atoms with Crippen molar-refractivity contribution >= 4 is 39.6 Å². The van der Waals surface area contributed by atoms with Crippen LogP contribution in [-0.4, -0.2) is 18.5 Å². The van der Waals surface area contributed by atoms with Crippen molar-refractivity contribution in [3.63, 3.8) is 0 Å². The summed E-state index contributed by atoms with van der Waals surface area (Å²) in [5, 5.41) is 2.82. The van der Waals surface area contributed by atoms with Gasteiger partial charge in [0.15, 0.2) is 6.61 Å². The molecule has 2 aromatic rings. The lowest BCUT2D eigenvalue weighted by molar-refractivity contribution is -0.142. The third kappa shape index (κ3) is 6.15. The van der Waals surface area contributed by atoms with E-state index in [0.717, 1.165) is 27.7 Å². The van der Waals surface area contributed by atoms with Gasteiger partial charge >= 0.3 is 5.97 Å². The van der Waals surface area contributed by atoms with Gasteiger partial charge in [-0.25, -0.2) is 4.79 Å². The average Bonchev–Trinajstić information content (AvgIpc) is 2.65. The fourth-order valence-electron chi connectivity index (χ4n) is 2.37. The highest BCUT2D eigenvalue weighted by Crippen LogP contribution is 2.26. The van der Waals surface area contributed by atoms with Crippen molar-refractivity contribution in [1.29, 1.82) is 0 Å². The lowest BCUT2D eigenvalue weighted by atomic mass is 9.97. The van der Waals surface area contributed by atoms with Gasteiger partial charge in [0.25, 0.3) is 5.91 Å². The molecule has 0 aromatic heterocycles.